The second kappa shape index (κ2) is 10.4. The Balaban J connectivity index is 4.23. The number of carboxylic acid groups (broad SMARTS) is 1. The standard InChI is InChI=1S/C12H18N2O6/c1-3-5-19-11(17)13-8-9(7-10(15)16)14-12(18)20-6-4-2/h3-4,9H,1-2,5-8H2,(H,13,17)(H,14,18)(H,15,16). The van der Waals surface area contributed by atoms with Crippen molar-refractivity contribution in [2.45, 2.75) is 12.5 Å². The molecule has 20 heavy (non-hydrogen) atoms. The van der Waals surface area contributed by atoms with Gasteiger partial charge in [0, 0.05) is 6.54 Å². The Morgan fingerprint density at radius 1 is 1.10 bits per heavy atom. The number of carbonyl (C=O) groups excluding carboxylic acids is 2. The number of hydrogen-bond donors (Lipinski definition) is 3. The van der Waals surface area contributed by atoms with E-state index in [1.165, 1.54) is 12.2 Å². The number of nitrogens with one attached hydrogen (secondary N) is 2. The first-order valence-electron chi connectivity index (χ1n) is 5.77. The van der Waals surface area contributed by atoms with Crippen LogP contribution in [-0.2, 0) is 14.3 Å². The zero-order valence-corrected chi connectivity index (χ0v) is 11.0. The maximum atomic E-state index is 11.3. The number of ether oxygens (including phenoxy) is 2. The average molecular weight is 286 g/mol. The van der Waals surface area contributed by atoms with Crippen LogP contribution in [0.4, 0.5) is 9.59 Å². The molecule has 0 aliphatic carbocycles. The second-order valence-electron chi connectivity index (χ2n) is 3.59. The molecule has 0 aromatic rings. The number of hydrogen-bond acceptors (Lipinski definition) is 5. The highest BCUT2D eigenvalue weighted by Crippen LogP contribution is 1.93. The smallest absolute Gasteiger partial charge is 0.407 e. The molecule has 0 fully saturated rings. The predicted octanol–water partition coefficient (Wildman–Crippen LogP) is 0.654. The summed E-state index contributed by atoms with van der Waals surface area (Å²) in [6.07, 6.45) is 0.861. The van der Waals surface area contributed by atoms with Crippen LogP contribution >= 0.6 is 0 Å². The van der Waals surface area contributed by atoms with Crippen molar-refractivity contribution in [2.24, 2.45) is 0 Å². The predicted molar refractivity (Wildman–Crippen MR) is 70.3 cm³/mol. The van der Waals surface area contributed by atoms with E-state index in [0.717, 1.165) is 0 Å². The Kier molecular flexibility index (Phi) is 9.11. The van der Waals surface area contributed by atoms with Crippen LogP contribution in [0, 0.1) is 0 Å². The normalized spacial score (nSPS) is 10.8. The van der Waals surface area contributed by atoms with Crippen molar-refractivity contribution in [3.05, 3.63) is 25.3 Å². The molecule has 1 unspecified atom stereocenters. The van der Waals surface area contributed by atoms with Crippen LogP contribution < -0.4 is 10.6 Å². The molecule has 112 valence electrons. The van der Waals surface area contributed by atoms with E-state index < -0.39 is 24.2 Å². The van der Waals surface area contributed by atoms with Crippen molar-refractivity contribution in [1.29, 1.82) is 0 Å². The summed E-state index contributed by atoms with van der Waals surface area (Å²) in [5.41, 5.74) is 0. The van der Waals surface area contributed by atoms with Crippen molar-refractivity contribution in [2.75, 3.05) is 19.8 Å². The van der Waals surface area contributed by atoms with Crippen LogP contribution in [0.5, 0.6) is 0 Å². The molecule has 0 saturated carbocycles. The van der Waals surface area contributed by atoms with Crippen molar-refractivity contribution >= 4 is 18.2 Å². The summed E-state index contributed by atoms with van der Waals surface area (Å²) < 4.78 is 9.30. The van der Waals surface area contributed by atoms with Gasteiger partial charge in [-0.15, -0.1) is 0 Å². The summed E-state index contributed by atoms with van der Waals surface area (Å²) in [6, 6.07) is -0.818. The van der Waals surface area contributed by atoms with E-state index in [-0.39, 0.29) is 26.2 Å². The Labute approximate surface area is 116 Å². The number of alkyl carbamates (subject to hydrolysis) is 2. The zero-order valence-electron chi connectivity index (χ0n) is 11.0. The highest BCUT2D eigenvalue weighted by Gasteiger charge is 2.17. The minimum absolute atomic E-state index is 0.000426. The maximum Gasteiger partial charge on any atom is 0.407 e. The quantitative estimate of drug-likeness (QED) is 0.536. The molecule has 0 spiro atoms. The van der Waals surface area contributed by atoms with Gasteiger partial charge in [0.05, 0.1) is 12.5 Å². The molecule has 0 aliphatic rings. The van der Waals surface area contributed by atoms with Crippen molar-refractivity contribution in [1.82, 2.24) is 10.6 Å². The molecule has 2 amide bonds. The van der Waals surface area contributed by atoms with Crippen molar-refractivity contribution in [3.63, 3.8) is 0 Å². The monoisotopic (exact) mass is 286 g/mol. The van der Waals surface area contributed by atoms with Crippen molar-refractivity contribution < 1.29 is 29.0 Å². The van der Waals surface area contributed by atoms with Gasteiger partial charge in [-0.2, -0.15) is 0 Å². The molecule has 0 radical (unpaired) electrons. The van der Waals surface area contributed by atoms with Gasteiger partial charge in [-0.3, -0.25) is 4.79 Å². The van der Waals surface area contributed by atoms with Crippen LogP contribution in [0.3, 0.4) is 0 Å². The third-order valence-electron chi connectivity index (χ3n) is 1.90. The fraction of sp³-hybridized carbons (Fsp3) is 0.417. The van der Waals surface area contributed by atoms with Gasteiger partial charge in [-0.05, 0) is 0 Å². The summed E-state index contributed by atoms with van der Waals surface area (Å²) in [5.74, 6) is -1.12. The van der Waals surface area contributed by atoms with Gasteiger partial charge in [0.1, 0.15) is 13.2 Å². The molecule has 0 rings (SSSR count). The molecule has 0 aromatic carbocycles. The number of rotatable bonds is 9. The van der Waals surface area contributed by atoms with E-state index in [1.54, 1.807) is 0 Å². The number of carboxylic acids is 1. The van der Waals surface area contributed by atoms with E-state index in [0.29, 0.717) is 0 Å². The highest BCUT2D eigenvalue weighted by atomic mass is 16.6. The van der Waals surface area contributed by atoms with Gasteiger partial charge in [0.2, 0.25) is 0 Å². The van der Waals surface area contributed by atoms with E-state index in [2.05, 4.69) is 33.3 Å². The Morgan fingerprint density at radius 2 is 1.65 bits per heavy atom. The molecule has 0 saturated heterocycles. The van der Waals surface area contributed by atoms with Crippen LogP contribution in [0.1, 0.15) is 6.42 Å². The molecule has 0 bridgehead atoms. The SMILES string of the molecule is C=CCOC(=O)NCC(CC(=O)O)NC(=O)OCC=C. The van der Waals surface area contributed by atoms with Crippen molar-refractivity contribution in [3.8, 4) is 0 Å². The first-order chi connectivity index (χ1) is 9.49. The lowest BCUT2D eigenvalue weighted by Gasteiger charge is -2.17. The van der Waals surface area contributed by atoms with Crippen LogP contribution in [-0.4, -0.2) is 49.1 Å². The molecular formula is C12H18N2O6. The zero-order chi connectivity index (χ0) is 15.4. The minimum atomic E-state index is -1.12. The first kappa shape index (κ1) is 17.5. The fourth-order valence-corrected chi connectivity index (χ4v) is 1.12. The lowest BCUT2D eigenvalue weighted by atomic mass is 10.2. The second-order valence-corrected chi connectivity index (χ2v) is 3.59. The van der Waals surface area contributed by atoms with Gasteiger partial charge in [-0.25, -0.2) is 9.59 Å². The maximum absolute atomic E-state index is 11.3. The topological polar surface area (TPSA) is 114 Å². The van der Waals surface area contributed by atoms with E-state index in [4.69, 9.17) is 5.11 Å². The lowest BCUT2D eigenvalue weighted by molar-refractivity contribution is -0.137. The number of amides is 2. The van der Waals surface area contributed by atoms with E-state index in [9.17, 15) is 14.4 Å². The van der Waals surface area contributed by atoms with Crippen LogP contribution in [0.25, 0.3) is 0 Å². The minimum Gasteiger partial charge on any atom is -0.481 e. The number of carbonyl (C=O) groups is 3. The van der Waals surface area contributed by atoms with Gasteiger partial charge < -0.3 is 25.2 Å². The van der Waals surface area contributed by atoms with Gasteiger partial charge in [-0.1, -0.05) is 25.3 Å². The molecule has 8 heteroatoms. The fourth-order valence-electron chi connectivity index (χ4n) is 1.12. The van der Waals surface area contributed by atoms with Gasteiger partial charge in [0.15, 0.2) is 0 Å². The van der Waals surface area contributed by atoms with Crippen LogP contribution in [0.15, 0.2) is 25.3 Å². The molecule has 0 aliphatic heterocycles. The summed E-state index contributed by atoms with van der Waals surface area (Å²) in [5, 5.41) is 13.4. The Hall–Kier alpha value is -2.51. The first-order valence-corrected chi connectivity index (χ1v) is 5.77. The largest absolute Gasteiger partial charge is 0.481 e. The van der Waals surface area contributed by atoms with Crippen LogP contribution in [0.2, 0.25) is 0 Å². The van der Waals surface area contributed by atoms with Gasteiger partial charge in [0.25, 0.3) is 0 Å². The summed E-state index contributed by atoms with van der Waals surface area (Å²) >= 11 is 0. The summed E-state index contributed by atoms with van der Waals surface area (Å²) in [4.78, 5) is 33.1. The molecule has 3 N–H and O–H groups in total. The Morgan fingerprint density at radius 3 is 2.15 bits per heavy atom. The lowest BCUT2D eigenvalue weighted by Crippen LogP contribution is -2.45. The summed E-state index contributed by atoms with van der Waals surface area (Å²) in [6.45, 7) is 6.67. The highest BCUT2D eigenvalue weighted by molar-refractivity contribution is 5.72. The number of aliphatic carboxylic acids is 1. The molecule has 0 heterocycles. The van der Waals surface area contributed by atoms with E-state index in [1.807, 2.05) is 0 Å². The third-order valence-corrected chi connectivity index (χ3v) is 1.90. The molecular weight excluding hydrogens is 268 g/mol. The molecule has 0 aromatic heterocycles. The molecule has 1 atom stereocenters. The Bertz CT molecular complexity index is 369. The van der Waals surface area contributed by atoms with Gasteiger partial charge >= 0.3 is 18.2 Å². The summed E-state index contributed by atoms with van der Waals surface area (Å²) in [7, 11) is 0. The average Bonchev–Trinajstić information content (AvgIpc) is 2.39. The third kappa shape index (κ3) is 9.51. The van der Waals surface area contributed by atoms with E-state index >= 15 is 0 Å². The molecule has 8 nitrogen and oxygen atoms in total.